The number of hydrogen-bond acceptors (Lipinski definition) is 3. The summed E-state index contributed by atoms with van der Waals surface area (Å²) < 4.78 is 5.08. The van der Waals surface area contributed by atoms with Gasteiger partial charge in [0.15, 0.2) is 0 Å². The average Bonchev–Trinajstić information content (AvgIpc) is 2.17. The molecule has 1 aliphatic rings. The number of esters is 1. The van der Waals surface area contributed by atoms with Crippen LogP contribution < -0.4 is 0 Å². The van der Waals surface area contributed by atoms with Gasteiger partial charge in [-0.25, -0.2) is 0 Å². The summed E-state index contributed by atoms with van der Waals surface area (Å²) in [7, 11) is 0. The molecule has 1 unspecified atom stereocenters. The predicted octanol–water partition coefficient (Wildman–Crippen LogP) is 1.82. The van der Waals surface area contributed by atoms with E-state index in [1.54, 1.807) is 0 Å². The number of aliphatic carboxylic acids is 1. The first-order valence-corrected chi connectivity index (χ1v) is 5.51. The molecule has 1 atom stereocenters. The van der Waals surface area contributed by atoms with Gasteiger partial charge in [-0.2, -0.15) is 0 Å². The van der Waals surface area contributed by atoms with E-state index in [1.807, 2.05) is 6.92 Å². The van der Waals surface area contributed by atoms with E-state index in [2.05, 4.69) is 0 Å². The molecule has 0 aromatic carbocycles. The quantitative estimate of drug-likeness (QED) is 0.473. The maximum Gasteiger partial charge on any atom is 2.00 e. The number of hydrogen-bond donors (Lipinski definition) is 1. The van der Waals surface area contributed by atoms with Gasteiger partial charge in [0.05, 0.1) is 0 Å². The first kappa shape index (κ1) is 16.2. The van der Waals surface area contributed by atoms with Crippen molar-refractivity contribution in [2.75, 3.05) is 0 Å². The fraction of sp³-hybridized carbons (Fsp3) is 0.818. The van der Waals surface area contributed by atoms with Crippen molar-refractivity contribution in [2.24, 2.45) is 5.92 Å². The van der Waals surface area contributed by atoms with Gasteiger partial charge in [-0.3, -0.25) is 9.59 Å². The van der Waals surface area contributed by atoms with E-state index in [1.165, 1.54) is 19.3 Å². The molecule has 1 N–H and O–H groups in total. The topological polar surface area (TPSA) is 63.6 Å². The minimum absolute atomic E-state index is 0. The van der Waals surface area contributed by atoms with Crippen molar-refractivity contribution < 1.29 is 22.3 Å². The van der Waals surface area contributed by atoms with Crippen molar-refractivity contribution >= 4 is 49.7 Å². The molecule has 0 amide bonds. The molecule has 1 aliphatic carbocycles. The molecule has 0 spiro atoms. The van der Waals surface area contributed by atoms with Crippen LogP contribution in [0.5, 0.6) is 0 Å². The van der Waals surface area contributed by atoms with Gasteiger partial charge < -0.3 is 12.7 Å². The number of carbonyl (C=O) groups is 2. The molecule has 0 bridgehead atoms. The van der Waals surface area contributed by atoms with Gasteiger partial charge in [-0.05, 0) is 25.7 Å². The fourth-order valence-corrected chi connectivity index (χ4v) is 2.07. The van der Waals surface area contributed by atoms with Crippen molar-refractivity contribution in [3.05, 3.63) is 0 Å². The van der Waals surface area contributed by atoms with Crippen molar-refractivity contribution in [2.45, 2.75) is 51.6 Å². The van der Waals surface area contributed by atoms with Crippen LogP contribution in [0.15, 0.2) is 0 Å². The maximum absolute atomic E-state index is 11.1. The molecule has 0 aliphatic heterocycles. The van der Waals surface area contributed by atoms with Crippen LogP contribution in [0, 0.1) is 5.92 Å². The summed E-state index contributed by atoms with van der Waals surface area (Å²) in [5.74, 6) is -1.34. The molecule has 4 nitrogen and oxygen atoms in total. The molecule has 0 saturated heterocycles. The molecule has 0 radical (unpaired) electrons. The van der Waals surface area contributed by atoms with Crippen LogP contribution in [0.25, 0.3) is 0 Å². The van der Waals surface area contributed by atoms with Crippen LogP contribution in [0.4, 0.5) is 0 Å². The van der Waals surface area contributed by atoms with Crippen molar-refractivity contribution in [3.8, 4) is 0 Å². The molecular weight excluding hydrogens is 236 g/mol. The smallest absolute Gasteiger partial charge is 1.00 e. The van der Waals surface area contributed by atoms with Gasteiger partial charge in [0, 0.05) is 0 Å². The summed E-state index contributed by atoms with van der Waals surface area (Å²) in [5.41, 5.74) is 0. The number of rotatable bonds is 4. The maximum atomic E-state index is 11.1. The third-order valence-electron chi connectivity index (χ3n) is 2.93. The van der Waals surface area contributed by atoms with Crippen LogP contribution in [0.2, 0.25) is 0 Å². The standard InChI is InChI=1S/C11H18O4.Ca.2H/c1-8(9-5-3-2-4-6-9)15-11(14)7-10(12)13;;;/h8-9H,2-7H2,1H3,(H,12,13);;;/q;+2;2*-1. The molecule has 0 heterocycles. The van der Waals surface area contributed by atoms with E-state index >= 15 is 0 Å². The monoisotopic (exact) mass is 256 g/mol. The SMILES string of the molecule is CC(OC(=O)CC(=O)O)C1CCCCC1.[Ca+2].[H-].[H-]. The number of carboxylic acid groups (broad SMARTS) is 1. The van der Waals surface area contributed by atoms with E-state index in [-0.39, 0.29) is 46.7 Å². The van der Waals surface area contributed by atoms with Gasteiger partial charge in [0.25, 0.3) is 0 Å². The Bertz CT molecular complexity index is 245. The number of ether oxygens (including phenoxy) is 1. The zero-order chi connectivity index (χ0) is 11.3. The van der Waals surface area contributed by atoms with E-state index in [4.69, 9.17) is 9.84 Å². The molecule has 5 heteroatoms. The Morgan fingerprint density at radius 2 is 1.94 bits per heavy atom. The van der Waals surface area contributed by atoms with Crippen LogP contribution in [0.1, 0.15) is 48.3 Å². The Hall–Kier alpha value is 0.200. The third kappa shape index (κ3) is 6.06. The zero-order valence-corrected chi connectivity index (χ0v) is 12.0. The Kier molecular flexibility index (Phi) is 8.42. The number of carboxylic acids is 1. The summed E-state index contributed by atoms with van der Waals surface area (Å²) in [4.78, 5) is 21.4. The Morgan fingerprint density at radius 3 is 2.44 bits per heavy atom. The van der Waals surface area contributed by atoms with Crippen LogP contribution >= 0.6 is 0 Å². The van der Waals surface area contributed by atoms with Crippen LogP contribution in [0.3, 0.4) is 0 Å². The average molecular weight is 256 g/mol. The first-order chi connectivity index (χ1) is 7.09. The minimum atomic E-state index is -1.13. The summed E-state index contributed by atoms with van der Waals surface area (Å²) in [6.07, 6.45) is 5.13. The van der Waals surface area contributed by atoms with Gasteiger partial charge in [-0.1, -0.05) is 19.3 Å². The molecule has 1 saturated carbocycles. The summed E-state index contributed by atoms with van der Waals surface area (Å²) >= 11 is 0. The Labute approximate surface area is 129 Å². The van der Waals surface area contributed by atoms with Crippen LogP contribution in [-0.2, 0) is 14.3 Å². The molecule has 1 rings (SSSR count). The predicted molar refractivity (Wildman–Crippen MR) is 62.4 cm³/mol. The third-order valence-corrected chi connectivity index (χ3v) is 2.93. The van der Waals surface area contributed by atoms with Crippen molar-refractivity contribution in [1.29, 1.82) is 0 Å². The van der Waals surface area contributed by atoms with Gasteiger partial charge in [0.2, 0.25) is 0 Å². The molecule has 0 aromatic heterocycles. The zero-order valence-electron chi connectivity index (χ0n) is 11.8. The summed E-state index contributed by atoms with van der Waals surface area (Å²) in [5, 5.41) is 8.41. The molecular formula is C11H20CaO4. The second-order valence-electron chi connectivity index (χ2n) is 4.16. The summed E-state index contributed by atoms with van der Waals surface area (Å²) in [6, 6.07) is 0. The van der Waals surface area contributed by atoms with E-state index in [9.17, 15) is 9.59 Å². The van der Waals surface area contributed by atoms with Gasteiger partial charge in [-0.15, -0.1) is 0 Å². The first-order valence-electron chi connectivity index (χ1n) is 5.51. The van der Waals surface area contributed by atoms with E-state index < -0.39 is 18.4 Å². The molecule has 1 fully saturated rings. The second-order valence-corrected chi connectivity index (χ2v) is 4.16. The normalized spacial score (nSPS) is 18.3. The second kappa shape index (κ2) is 8.31. The fourth-order valence-electron chi connectivity index (χ4n) is 2.07. The summed E-state index contributed by atoms with van der Waals surface area (Å²) in [6.45, 7) is 1.86. The molecule has 0 aromatic rings. The van der Waals surface area contributed by atoms with Crippen molar-refractivity contribution in [3.63, 3.8) is 0 Å². The van der Waals surface area contributed by atoms with Gasteiger partial charge >= 0.3 is 49.7 Å². The van der Waals surface area contributed by atoms with E-state index in [0.29, 0.717) is 5.92 Å². The molecule has 90 valence electrons. The Morgan fingerprint density at radius 1 is 1.38 bits per heavy atom. The largest absolute Gasteiger partial charge is 2.00 e. The van der Waals surface area contributed by atoms with Gasteiger partial charge in [0.1, 0.15) is 12.5 Å². The number of carbonyl (C=O) groups excluding carboxylic acids is 1. The minimum Gasteiger partial charge on any atom is -1.00 e. The Balaban J connectivity index is -0.000000750. The molecule has 16 heavy (non-hydrogen) atoms. The van der Waals surface area contributed by atoms with Crippen molar-refractivity contribution in [1.82, 2.24) is 0 Å². The van der Waals surface area contributed by atoms with Crippen LogP contribution in [-0.4, -0.2) is 60.9 Å². The van der Waals surface area contributed by atoms with E-state index in [0.717, 1.165) is 12.8 Å².